The summed E-state index contributed by atoms with van der Waals surface area (Å²) in [6, 6.07) is 14.6. The molecule has 2 nitrogen and oxygen atoms in total. The zero-order valence-corrected chi connectivity index (χ0v) is 12.4. The van der Waals surface area contributed by atoms with Gasteiger partial charge in [0.05, 0.1) is 6.61 Å². The maximum atomic E-state index is 5.70. The normalized spacial score (nSPS) is 16.8. The lowest BCUT2D eigenvalue weighted by Gasteiger charge is -2.14. The average Bonchev–Trinajstić information content (AvgIpc) is 2.84. The quantitative estimate of drug-likeness (QED) is 0.909. The van der Waals surface area contributed by atoms with Crippen LogP contribution in [0.1, 0.15) is 17.0 Å². The van der Waals surface area contributed by atoms with Gasteiger partial charge in [-0.15, -0.1) is 0 Å². The highest BCUT2D eigenvalue weighted by atomic mass is 79.9. The van der Waals surface area contributed by atoms with E-state index in [9.17, 15) is 0 Å². The van der Waals surface area contributed by atoms with E-state index >= 15 is 0 Å². The van der Waals surface area contributed by atoms with Gasteiger partial charge in [0.25, 0.3) is 0 Å². The molecule has 0 amide bonds. The van der Waals surface area contributed by atoms with E-state index in [1.54, 1.807) is 0 Å². The van der Waals surface area contributed by atoms with E-state index in [0.717, 1.165) is 29.1 Å². The van der Waals surface area contributed by atoms with Crippen molar-refractivity contribution >= 4 is 21.6 Å². The molecule has 2 aromatic carbocycles. The molecule has 0 aromatic heterocycles. The van der Waals surface area contributed by atoms with Gasteiger partial charge in [-0.1, -0.05) is 30.3 Å². The zero-order valence-electron chi connectivity index (χ0n) is 10.8. The summed E-state index contributed by atoms with van der Waals surface area (Å²) in [5.41, 5.74) is 3.69. The summed E-state index contributed by atoms with van der Waals surface area (Å²) in [7, 11) is 0. The first-order chi connectivity index (χ1) is 9.25. The maximum Gasteiger partial charge on any atom is 0.122 e. The Bertz CT molecular complexity index is 597. The number of hydrogen-bond acceptors (Lipinski definition) is 2. The first-order valence-electron chi connectivity index (χ1n) is 6.46. The van der Waals surface area contributed by atoms with E-state index in [1.807, 2.05) is 12.1 Å². The Morgan fingerprint density at radius 2 is 2.05 bits per heavy atom. The third-order valence-corrected chi connectivity index (χ3v) is 4.58. The summed E-state index contributed by atoms with van der Waals surface area (Å²) in [4.78, 5) is 0. The minimum absolute atomic E-state index is 0.420. The molecule has 2 aromatic rings. The summed E-state index contributed by atoms with van der Waals surface area (Å²) in [6.45, 7) is 3.75. The smallest absolute Gasteiger partial charge is 0.122 e. The second kappa shape index (κ2) is 5.25. The van der Waals surface area contributed by atoms with Crippen molar-refractivity contribution in [1.29, 1.82) is 0 Å². The molecular weight excluding hydrogens is 302 g/mol. The molecule has 98 valence electrons. The summed E-state index contributed by atoms with van der Waals surface area (Å²) >= 11 is 3.63. The molecule has 3 rings (SSSR count). The van der Waals surface area contributed by atoms with Crippen molar-refractivity contribution in [3.05, 3.63) is 58.1 Å². The van der Waals surface area contributed by atoms with Gasteiger partial charge in [-0.05, 0) is 40.5 Å². The lowest BCUT2D eigenvalue weighted by Crippen LogP contribution is -2.14. The van der Waals surface area contributed by atoms with Crippen LogP contribution in [0.25, 0.3) is 0 Å². The monoisotopic (exact) mass is 317 g/mol. The number of aryl methyl sites for hydroxylation is 1. The van der Waals surface area contributed by atoms with Crippen LogP contribution in [-0.4, -0.2) is 13.2 Å². The molecular formula is C16H16BrNO. The predicted molar refractivity (Wildman–Crippen MR) is 82.0 cm³/mol. The minimum atomic E-state index is 0.420. The van der Waals surface area contributed by atoms with Crippen LogP contribution in [0.3, 0.4) is 0 Å². The molecule has 0 saturated carbocycles. The van der Waals surface area contributed by atoms with Gasteiger partial charge >= 0.3 is 0 Å². The van der Waals surface area contributed by atoms with E-state index in [-0.39, 0.29) is 0 Å². The Kier molecular flexibility index (Phi) is 3.47. The molecule has 0 fully saturated rings. The summed E-state index contributed by atoms with van der Waals surface area (Å²) in [6.07, 6.45) is 0. The van der Waals surface area contributed by atoms with Crippen molar-refractivity contribution in [2.45, 2.75) is 12.8 Å². The summed E-state index contributed by atoms with van der Waals surface area (Å²) in [5.74, 6) is 1.45. The molecule has 1 heterocycles. The largest absolute Gasteiger partial charge is 0.493 e. The van der Waals surface area contributed by atoms with Gasteiger partial charge in [0.15, 0.2) is 0 Å². The van der Waals surface area contributed by atoms with Crippen molar-refractivity contribution in [1.82, 2.24) is 0 Å². The van der Waals surface area contributed by atoms with Crippen molar-refractivity contribution < 1.29 is 4.74 Å². The molecule has 19 heavy (non-hydrogen) atoms. The van der Waals surface area contributed by atoms with Crippen molar-refractivity contribution in [3.63, 3.8) is 0 Å². The molecule has 0 bridgehead atoms. The summed E-state index contributed by atoms with van der Waals surface area (Å²) in [5, 5.41) is 3.51. The van der Waals surface area contributed by atoms with Gasteiger partial charge in [0.2, 0.25) is 0 Å². The lowest BCUT2D eigenvalue weighted by molar-refractivity contribution is 0.334. The molecule has 1 aliphatic heterocycles. The average molecular weight is 318 g/mol. The minimum Gasteiger partial charge on any atom is -0.493 e. The van der Waals surface area contributed by atoms with E-state index < -0.39 is 0 Å². The number of hydrogen-bond donors (Lipinski definition) is 1. The lowest BCUT2D eigenvalue weighted by atomic mass is 10.0. The van der Waals surface area contributed by atoms with Crippen LogP contribution < -0.4 is 10.1 Å². The number of rotatable bonds is 3. The first kappa shape index (κ1) is 12.5. The van der Waals surface area contributed by atoms with Crippen LogP contribution in [0.15, 0.2) is 46.9 Å². The van der Waals surface area contributed by atoms with E-state index in [1.165, 1.54) is 11.1 Å². The van der Waals surface area contributed by atoms with Crippen LogP contribution >= 0.6 is 15.9 Å². The highest BCUT2D eigenvalue weighted by Gasteiger charge is 2.23. The van der Waals surface area contributed by atoms with Crippen LogP contribution in [0, 0.1) is 6.92 Å². The third kappa shape index (κ3) is 2.47. The number of halogens is 1. The highest BCUT2D eigenvalue weighted by Crippen LogP contribution is 2.34. The number of para-hydroxylation sites is 1. The van der Waals surface area contributed by atoms with E-state index in [0.29, 0.717) is 5.92 Å². The Labute approximate surface area is 121 Å². The number of benzene rings is 2. The Morgan fingerprint density at radius 1 is 1.21 bits per heavy atom. The second-order valence-corrected chi connectivity index (χ2v) is 5.66. The molecule has 0 spiro atoms. The van der Waals surface area contributed by atoms with Gasteiger partial charge in [-0.3, -0.25) is 0 Å². The van der Waals surface area contributed by atoms with Crippen LogP contribution in [0.2, 0.25) is 0 Å². The van der Waals surface area contributed by atoms with Gasteiger partial charge in [-0.25, -0.2) is 0 Å². The fourth-order valence-corrected chi connectivity index (χ4v) is 2.82. The fourth-order valence-electron chi connectivity index (χ4n) is 2.42. The maximum absolute atomic E-state index is 5.70. The van der Waals surface area contributed by atoms with Gasteiger partial charge in [0, 0.05) is 28.2 Å². The third-order valence-electron chi connectivity index (χ3n) is 3.53. The molecule has 0 aliphatic carbocycles. The standard InChI is InChI=1S/C16H16BrNO/c1-11-5-4-7-14(16(11)17)18-9-12-10-19-15-8-3-2-6-13(12)15/h2-8,12,18H,9-10H2,1H3. The number of anilines is 1. The highest BCUT2D eigenvalue weighted by molar-refractivity contribution is 9.10. The van der Waals surface area contributed by atoms with Gasteiger partial charge in [-0.2, -0.15) is 0 Å². The summed E-state index contributed by atoms with van der Waals surface area (Å²) < 4.78 is 6.84. The second-order valence-electron chi connectivity index (χ2n) is 4.86. The fraction of sp³-hybridized carbons (Fsp3) is 0.250. The zero-order chi connectivity index (χ0) is 13.2. The molecule has 3 heteroatoms. The molecule has 1 N–H and O–H groups in total. The van der Waals surface area contributed by atoms with Crippen molar-refractivity contribution in [2.75, 3.05) is 18.5 Å². The van der Waals surface area contributed by atoms with Crippen LogP contribution in [0.4, 0.5) is 5.69 Å². The molecule has 0 saturated heterocycles. The Balaban J connectivity index is 1.73. The molecule has 0 radical (unpaired) electrons. The first-order valence-corrected chi connectivity index (χ1v) is 7.25. The van der Waals surface area contributed by atoms with Crippen molar-refractivity contribution in [2.24, 2.45) is 0 Å². The number of fused-ring (bicyclic) bond motifs is 1. The molecule has 1 atom stereocenters. The van der Waals surface area contributed by atoms with Crippen molar-refractivity contribution in [3.8, 4) is 5.75 Å². The number of ether oxygens (including phenoxy) is 1. The van der Waals surface area contributed by atoms with E-state index in [4.69, 9.17) is 4.74 Å². The SMILES string of the molecule is Cc1cccc(NCC2COc3ccccc32)c1Br. The van der Waals surface area contributed by atoms with E-state index in [2.05, 4.69) is 58.5 Å². The predicted octanol–water partition coefficient (Wildman–Crippen LogP) is 4.35. The topological polar surface area (TPSA) is 21.3 Å². The van der Waals surface area contributed by atoms with Crippen LogP contribution in [0.5, 0.6) is 5.75 Å². The van der Waals surface area contributed by atoms with Gasteiger partial charge in [0.1, 0.15) is 5.75 Å². The Morgan fingerprint density at radius 3 is 2.95 bits per heavy atom. The molecule has 1 unspecified atom stereocenters. The molecule has 1 aliphatic rings. The Hall–Kier alpha value is -1.48. The van der Waals surface area contributed by atoms with Gasteiger partial charge < -0.3 is 10.1 Å². The van der Waals surface area contributed by atoms with Crippen LogP contribution in [-0.2, 0) is 0 Å². The number of nitrogens with one attached hydrogen (secondary N) is 1.